The van der Waals surface area contributed by atoms with E-state index >= 15 is 0 Å². The van der Waals surface area contributed by atoms with E-state index in [1.807, 2.05) is 23.2 Å². The Kier molecular flexibility index (Phi) is 4.12. The van der Waals surface area contributed by atoms with Crippen molar-refractivity contribution in [2.45, 2.75) is 19.5 Å². The molecule has 1 N–H and O–H groups in total. The maximum atomic E-state index is 4.07. The largest absolute Gasteiger partial charge is 0.306 e. The van der Waals surface area contributed by atoms with Gasteiger partial charge in [-0.05, 0) is 30.2 Å². The third kappa shape index (κ3) is 3.38. The fourth-order valence-corrected chi connectivity index (χ4v) is 2.33. The van der Waals surface area contributed by atoms with E-state index in [-0.39, 0.29) is 0 Å². The second-order valence-corrected chi connectivity index (χ2v) is 5.15. The molecule has 0 fully saturated rings. The maximum Gasteiger partial charge on any atom is 0.0991 e. The van der Waals surface area contributed by atoms with Crippen molar-refractivity contribution in [3.8, 4) is 5.69 Å². The first-order chi connectivity index (χ1) is 10.3. The van der Waals surface area contributed by atoms with Crippen LogP contribution >= 0.6 is 0 Å². The van der Waals surface area contributed by atoms with Crippen molar-refractivity contribution in [3.05, 3.63) is 84.4 Å². The monoisotopic (exact) mass is 277 g/mol. The van der Waals surface area contributed by atoms with Crippen LogP contribution in [-0.4, -0.2) is 9.55 Å². The van der Waals surface area contributed by atoms with Gasteiger partial charge in [-0.3, -0.25) is 0 Å². The Morgan fingerprint density at radius 1 is 1.05 bits per heavy atom. The number of rotatable bonds is 5. The summed E-state index contributed by atoms with van der Waals surface area (Å²) in [7, 11) is 0. The summed E-state index contributed by atoms with van der Waals surface area (Å²) >= 11 is 0. The molecule has 0 saturated heterocycles. The molecule has 1 atom stereocenters. The van der Waals surface area contributed by atoms with Gasteiger partial charge >= 0.3 is 0 Å². The Hall–Kier alpha value is -2.39. The van der Waals surface area contributed by atoms with Crippen molar-refractivity contribution in [1.82, 2.24) is 14.9 Å². The van der Waals surface area contributed by atoms with E-state index in [1.54, 1.807) is 6.20 Å². The van der Waals surface area contributed by atoms with Gasteiger partial charge in [-0.25, -0.2) is 4.98 Å². The van der Waals surface area contributed by atoms with Crippen molar-refractivity contribution in [2.75, 3.05) is 0 Å². The number of hydrogen-bond donors (Lipinski definition) is 1. The van der Waals surface area contributed by atoms with Crippen LogP contribution in [0.15, 0.2) is 73.3 Å². The van der Waals surface area contributed by atoms with Gasteiger partial charge in [0.05, 0.1) is 6.33 Å². The highest BCUT2D eigenvalue weighted by molar-refractivity contribution is 5.35. The van der Waals surface area contributed by atoms with Gasteiger partial charge in [0.15, 0.2) is 0 Å². The Bertz CT molecular complexity index is 657. The zero-order valence-electron chi connectivity index (χ0n) is 12.1. The highest BCUT2D eigenvalue weighted by atomic mass is 15.0. The van der Waals surface area contributed by atoms with Crippen LogP contribution in [0.3, 0.4) is 0 Å². The van der Waals surface area contributed by atoms with Gasteiger partial charge < -0.3 is 9.88 Å². The van der Waals surface area contributed by atoms with Crippen molar-refractivity contribution >= 4 is 0 Å². The first kappa shape index (κ1) is 13.6. The molecule has 3 aromatic rings. The van der Waals surface area contributed by atoms with E-state index < -0.39 is 0 Å². The van der Waals surface area contributed by atoms with Crippen LogP contribution in [0.25, 0.3) is 5.69 Å². The summed E-state index contributed by atoms with van der Waals surface area (Å²) in [4.78, 5) is 4.07. The van der Waals surface area contributed by atoms with Crippen LogP contribution in [0.4, 0.5) is 0 Å². The third-order valence-electron chi connectivity index (χ3n) is 3.65. The van der Waals surface area contributed by atoms with Crippen LogP contribution < -0.4 is 5.32 Å². The van der Waals surface area contributed by atoms with Crippen molar-refractivity contribution in [3.63, 3.8) is 0 Å². The summed E-state index contributed by atoms with van der Waals surface area (Å²) in [5.41, 5.74) is 3.72. The van der Waals surface area contributed by atoms with Crippen molar-refractivity contribution < 1.29 is 0 Å². The molecule has 2 aromatic carbocycles. The normalized spacial score (nSPS) is 12.2. The number of benzene rings is 2. The SMILES string of the molecule is CC(NCc1ccccc1)c1ccc(-n2ccnc2)cc1. The number of aromatic nitrogens is 2. The van der Waals surface area contributed by atoms with Gasteiger partial charge in [-0.15, -0.1) is 0 Å². The maximum absolute atomic E-state index is 4.07. The molecule has 3 heteroatoms. The summed E-state index contributed by atoms with van der Waals surface area (Å²) in [6.45, 7) is 3.07. The number of nitrogens with one attached hydrogen (secondary N) is 1. The predicted octanol–water partition coefficient (Wildman–Crippen LogP) is 3.72. The Balaban J connectivity index is 1.64. The Labute approximate surface area is 125 Å². The van der Waals surface area contributed by atoms with Crippen LogP contribution in [-0.2, 0) is 6.54 Å². The van der Waals surface area contributed by atoms with Crippen LogP contribution in [0.1, 0.15) is 24.1 Å². The van der Waals surface area contributed by atoms with Gasteiger partial charge in [0, 0.05) is 30.7 Å². The molecule has 0 amide bonds. The lowest BCUT2D eigenvalue weighted by molar-refractivity contribution is 0.574. The Morgan fingerprint density at radius 2 is 1.81 bits per heavy atom. The van der Waals surface area contributed by atoms with E-state index in [1.165, 1.54) is 11.1 Å². The quantitative estimate of drug-likeness (QED) is 0.770. The molecule has 106 valence electrons. The standard InChI is InChI=1S/C18H19N3/c1-15(20-13-16-5-3-2-4-6-16)17-7-9-18(10-8-17)21-12-11-19-14-21/h2-12,14-15,20H,13H2,1H3. The zero-order valence-corrected chi connectivity index (χ0v) is 12.1. The van der Waals surface area contributed by atoms with Gasteiger partial charge in [-0.1, -0.05) is 42.5 Å². The molecule has 1 unspecified atom stereocenters. The minimum absolute atomic E-state index is 0.321. The van der Waals surface area contributed by atoms with E-state index in [9.17, 15) is 0 Å². The number of imidazole rings is 1. The molecular formula is C18H19N3. The van der Waals surface area contributed by atoms with Gasteiger partial charge in [-0.2, -0.15) is 0 Å². The lowest BCUT2D eigenvalue weighted by Gasteiger charge is -2.15. The summed E-state index contributed by atoms with van der Waals surface area (Å²) in [6, 6.07) is 19.4. The molecule has 3 rings (SSSR count). The molecule has 3 nitrogen and oxygen atoms in total. The number of hydrogen-bond acceptors (Lipinski definition) is 2. The third-order valence-corrected chi connectivity index (χ3v) is 3.65. The molecule has 0 spiro atoms. The lowest BCUT2D eigenvalue weighted by Crippen LogP contribution is -2.18. The molecule has 0 saturated carbocycles. The predicted molar refractivity (Wildman–Crippen MR) is 85.3 cm³/mol. The van der Waals surface area contributed by atoms with E-state index in [2.05, 4.69) is 65.8 Å². The minimum Gasteiger partial charge on any atom is -0.306 e. The molecule has 0 aliphatic rings. The Morgan fingerprint density at radius 3 is 2.48 bits per heavy atom. The molecule has 0 radical (unpaired) electrons. The van der Waals surface area contributed by atoms with Gasteiger partial charge in [0.25, 0.3) is 0 Å². The van der Waals surface area contributed by atoms with Gasteiger partial charge in [0.2, 0.25) is 0 Å². The van der Waals surface area contributed by atoms with E-state index in [0.29, 0.717) is 6.04 Å². The summed E-state index contributed by atoms with van der Waals surface area (Å²) in [5.74, 6) is 0. The molecule has 1 heterocycles. The fourth-order valence-electron chi connectivity index (χ4n) is 2.33. The van der Waals surface area contributed by atoms with Crippen LogP contribution in [0.5, 0.6) is 0 Å². The molecule has 21 heavy (non-hydrogen) atoms. The van der Waals surface area contributed by atoms with Crippen LogP contribution in [0.2, 0.25) is 0 Å². The zero-order chi connectivity index (χ0) is 14.5. The first-order valence-electron chi connectivity index (χ1n) is 7.18. The van der Waals surface area contributed by atoms with E-state index in [4.69, 9.17) is 0 Å². The summed E-state index contributed by atoms with van der Waals surface area (Å²) in [5, 5.41) is 3.55. The molecule has 0 aliphatic carbocycles. The lowest BCUT2D eigenvalue weighted by atomic mass is 10.1. The highest BCUT2D eigenvalue weighted by Crippen LogP contribution is 2.16. The van der Waals surface area contributed by atoms with Crippen molar-refractivity contribution in [1.29, 1.82) is 0 Å². The molecule has 0 bridgehead atoms. The second-order valence-electron chi connectivity index (χ2n) is 5.15. The van der Waals surface area contributed by atoms with E-state index in [0.717, 1.165) is 12.2 Å². The molecular weight excluding hydrogens is 258 g/mol. The average Bonchev–Trinajstić information content (AvgIpc) is 3.08. The first-order valence-corrected chi connectivity index (χ1v) is 7.18. The van der Waals surface area contributed by atoms with Crippen molar-refractivity contribution in [2.24, 2.45) is 0 Å². The summed E-state index contributed by atoms with van der Waals surface area (Å²) in [6.07, 6.45) is 5.55. The summed E-state index contributed by atoms with van der Waals surface area (Å²) < 4.78 is 2.01. The second kappa shape index (κ2) is 6.37. The smallest absolute Gasteiger partial charge is 0.0991 e. The topological polar surface area (TPSA) is 29.9 Å². The number of nitrogens with zero attached hydrogens (tertiary/aromatic N) is 2. The van der Waals surface area contributed by atoms with Crippen LogP contribution in [0, 0.1) is 0 Å². The van der Waals surface area contributed by atoms with Gasteiger partial charge in [0.1, 0.15) is 0 Å². The molecule has 1 aromatic heterocycles. The fraction of sp³-hybridized carbons (Fsp3) is 0.167. The minimum atomic E-state index is 0.321. The average molecular weight is 277 g/mol. The molecule has 0 aliphatic heterocycles. The highest BCUT2D eigenvalue weighted by Gasteiger charge is 2.05.